The van der Waals surface area contributed by atoms with Gasteiger partial charge in [0.1, 0.15) is 0 Å². The molecule has 1 rings (SSSR count). The summed E-state index contributed by atoms with van der Waals surface area (Å²) in [6.07, 6.45) is 1.72. The van der Waals surface area contributed by atoms with Crippen LogP contribution in [-0.2, 0) is 4.79 Å². The van der Waals surface area contributed by atoms with Crippen LogP contribution in [0.15, 0.2) is 4.52 Å². The van der Waals surface area contributed by atoms with E-state index >= 15 is 0 Å². The molecular formula is C11H19N3O2. The zero-order chi connectivity index (χ0) is 12.1. The van der Waals surface area contributed by atoms with Gasteiger partial charge in [-0.15, -0.1) is 0 Å². The second-order valence-electron chi connectivity index (χ2n) is 3.93. The number of aryl methyl sites for hydroxylation is 1. The van der Waals surface area contributed by atoms with E-state index in [4.69, 9.17) is 10.3 Å². The van der Waals surface area contributed by atoms with E-state index in [1.54, 1.807) is 0 Å². The molecule has 90 valence electrons. The van der Waals surface area contributed by atoms with Crippen molar-refractivity contribution in [2.75, 3.05) is 11.9 Å². The minimum absolute atomic E-state index is 0.0939. The lowest BCUT2D eigenvalue weighted by atomic mass is 10.0. The second-order valence-corrected chi connectivity index (χ2v) is 3.93. The Kier molecular flexibility index (Phi) is 4.49. The van der Waals surface area contributed by atoms with Crippen LogP contribution in [0.25, 0.3) is 0 Å². The minimum Gasteiger partial charge on any atom is -0.338 e. The van der Waals surface area contributed by atoms with Crippen LogP contribution in [0.4, 0.5) is 5.88 Å². The molecule has 0 aliphatic heterocycles. The van der Waals surface area contributed by atoms with E-state index in [1.165, 1.54) is 0 Å². The first-order valence-corrected chi connectivity index (χ1v) is 5.53. The predicted octanol–water partition coefficient (Wildman–Crippen LogP) is 1.60. The van der Waals surface area contributed by atoms with E-state index in [1.807, 2.05) is 20.8 Å². The van der Waals surface area contributed by atoms with Crippen molar-refractivity contribution in [3.8, 4) is 0 Å². The highest BCUT2D eigenvalue weighted by Gasteiger charge is 2.18. The number of carbonyl (C=O) groups is 1. The molecule has 0 aromatic carbocycles. The Bertz CT molecular complexity index is 360. The number of amides is 1. The Morgan fingerprint density at radius 2 is 2.25 bits per heavy atom. The quantitative estimate of drug-likeness (QED) is 0.797. The molecule has 0 aliphatic carbocycles. The molecule has 1 unspecified atom stereocenters. The topological polar surface area (TPSA) is 81.2 Å². The fourth-order valence-corrected chi connectivity index (χ4v) is 1.45. The molecule has 1 atom stereocenters. The SMILES string of the molecule is CCCC(CN)C(=O)Nc1onc(C)c1C. The molecule has 0 bridgehead atoms. The molecule has 1 heterocycles. The van der Waals surface area contributed by atoms with Gasteiger partial charge in [-0.05, 0) is 20.3 Å². The van der Waals surface area contributed by atoms with Gasteiger partial charge in [-0.2, -0.15) is 0 Å². The summed E-state index contributed by atoms with van der Waals surface area (Å²) in [6.45, 7) is 6.07. The normalized spacial score (nSPS) is 12.5. The fraction of sp³-hybridized carbons (Fsp3) is 0.636. The highest BCUT2D eigenvalue weighted by atomic mass is 16.5. The first-order valence-electron chi connectivity index (χ1n) is 5.53. The molecule has 1 amide bonds. The molecule has 5 heteroatoms. The zero-order valence-electron chi connectivity index (χ0n) is 10.0. The average molecular weight is 225 g/mol. The number of aromatic nitrogens is 1. The average Bonchev–Trinajstić information content (AvgIpc) is 2.57. The van der Waals surface area contributed by atoms with Crippen molar-refractivity contribution in [3.05, 3.63) is 11.3 Å². The molecular weight excluding hydrogens is 206 g/mol. The molecule has 3 N–H and O–H groups in total. The lowest BCUT2D eigenvalue weighted by Crippen LogP contribution is -2.29. The highest BCUT2D eigenvalue weighted by molar-refractivity contribution is 5.92. The number of rotatable bonds is 5. The van der Waals surface area contributed by atoms with Crippen molar-refractivity contribution in [1.29, 1.82) is 0 Å². The summed E-state index contributed by atoms with van der Waals surface area (Å²) in [5, 5.41) is 6.50. The minimum atomic E-state index is -0.158. The molecule has 0 spiro atoms. The number of anilines is 1. The van der Waals surface area contributed by atoms with Crippen molar-refractivity contribution in [2.45, 2.75) is 33.6 Å². The number of nitrogens with two attached hydrogens (primary N) is 1. The summed E-state index contributed by atoms with van der Waals surface area (Å²) >= 11 is 0. The van der Waals surface area contributed by atoms with Gasteiger partial charge in [0.25, 0.3) is 0 Å². The maximum atomic E-state index is 11.8. The van der Waals surface area contributed by atoms with Crippen LogP contribution in [0.5, 0.6) is 0 Å². The van der Waals surface area contributed by atoms with Crippen molar-refractivity contribution in [3.63, 3.8) is 0 Å². The molecule has 0 aliphatic rings. The third kappa shape index (κ3) is 2.82. The summed E-state index contributed by atoms with van der Waals surface area (Å²) in [5.74, 6) is 0.176. The summed E-state index contributed by atoms with van der Waals surface area (Å²) in [5.41, 5.74) is 7.20. The molecule has 16 heavy (non-hydrogen) atoms. The van der Waals surface area contributed by atoms with Crippen molar-refractivity contribution < 1.29 is 9.32 Å². The van der Waals surface area contributed by atoms with Gasteiger partial charge in [0.05, 0.1) is 11.6 Å². The highest BCUT2D eigenvalue weighted by Crippen LogP contribution is 2.18. The Hall–Kier alpha value is -1.36. The van der Waals surface area contributed by atoms with Gasteiger partial charge in [0.2, 0.25) is 11.8 Å². The Balaban J connectivity index is 2.66. The van der Waals surface area contributed by atoms with Crippen LogP contribution in [0.1, 0.15) is 31.0 Å². The molecule has 0 fully saturated rings. The molecule has 0 saturated heterocycles. The lowest BCUT2D eigenvalue weighted by Gasteiger charge is -2.12. The second kappa shape index (κ2) is 5.65. The van der Waals surface area contributed by atoms with Crippen molar-refractivity contribution >= 4 is 11.8 Å². The van der Waals surface area contributed by atoms with Crippen LogP contribution < -0.4 is 11.1 Å². The zero-order valence-corrected chi connectivity index (χ0v) is 10.0. The Morgan fingerprint density at radius 3 is 2.69 bits per heavy atom. The number of hydrogen-bond acceptors (Lipinski definition) is 4. The Labute approximate surface area is 95.4 Å². The van der Waals surface area contributed by atoms with Crippen LogP contribution in [-0.4, -0.2) is 17.6 Å². The van der Waals surface area contributed by atoms with Gasteiger partial charge >= 0.3 is 0 Å². The van der Waals surface area contributed by atoms with Gasteiger partial charge in [-0.1, -0.05) is 18.5 Å². The van der Waals surface area contributed by atoms with Crippen molar-refractivity contribution in [1.82, 2.24) is 5.16 Å². The van der Waals surface area contributed by atoms with Gasteiger partial charge in [-0.25, -0.2) is 0 Å². The molecule has 5 nitrogen and oxygen atoms in total. The predicted molar refractivity (Wildman–Crippen MR) is 62.1 cm³/mol. The molecule has 1 aromatic heterocycles. The third-order valence-corrected chi connectivity index (χ3v) is 2.69. The van der Waals surface area contributed by atoms with Crippen LogP contribution in [0.3, 0.4) is 0 Å². The van der Waals surface area contributed by atoms with Gasteiger partial charge in [0.15, 0.2) is 0 Å². The molecule has 0 radical (unpaired) electrons. The van der Waals surface area contributed by atoms with Gasteiger partial charge in [-0.3, -0.25) is 10.1 Å². The largest absolute Gasteiger partial charge is 0.338 e. The number of nitrogens with one attached hydrogen (secondary N) is 1. The van der Waals surface area contributed by atoms with E-state index < -0.39 is 0 Å². The van der Waals surface area contributed by atoms with E-state index in [-0.39, 0.29) is 11.8 Å². The maximum Gasteiger partial charge on any atom is 0.234 e. The number of hydrogen-bond donors (Lipinski definition) is 2. The van der Waals surface area contributed by atoms with Crippen LogP contribution in [0, 0.1) is 19.8 Å². The van der Waals surface area contributed by atoms with E-state index in [0.717, 1.165) is 24.1 Å². The van der Waals surface area contributed by atoms with Crippen LogP contribution in [0.2, 0.25) is 0 Å². The summed E-state index contributed by atoms with van der Waals surface area (Å²) in [4.78, 5) is 11.8. The van der Waals surface area contributed by atoms with E-state index in [2.05, 4.69) is 10.5 Å². The van der Waals surface area contributed by atoms with Gasteiger partial charge < -0.3 is 10.3 Å². The Morgan fingerprint density at radius 1 is 1.56 bits per heavy atom. The van der Waals surface area contributed by atoms with Crippen LogP contribution >= 0.6 is 0 Å². The summed E-state index contributed by atoms with van der Waals surface area (Å²) in [7, 11) is 0. The monoisotopic (exact) mass is 225 g/mol. The van der Waals surface area contributed by atoms with E-state index in [9.17, 15) is 4.79 Å². The number of carbonyl (C=O) groups excluding carboxylic acids is 1. The summed E-state index contributed by atoms with van der Waals surface area (Å²) < 4.78 is 5.02. The van der Waals surface area contributed by atoms with Gasteiger partial charge in [0, 0.05) is 12.1 Å². The fourth-order valence-electron chi connectivity index (χ4n) is 1.45. The molecule has 1 aromatic rings. The van der Waals surface area contributed by atoms with Crippen molar-refractivity contribution in [2.24, 2.45) is 11.7 Å². The lowest BCUT2D eigenvalue weighted by molar-refractivity contribution is -0.119. The molecule has 0 saturated carbocycles. The smallest absolute Gasteiger partial charge is 0.234 e. The third-order valence-electron chi connectivity index (χ3n) is 2.69. The maximum absolute atomic E-state index is 11.8. The first kappa shape index (κ1) is 12.7. The van der Waals surface area contributed by atoms with E-state index in [0.29, 0.717) is 12.4 Å². The standard InChI is InChI=1S/C11H19N3O2/c1-4-5-9(6-12)10(15)13-11-7(2)8(3)14-16-11/h9H,4-6,12H2,1-3H3,(H,13,15). The first-order chi connectivity index (χ1) is 7.60. The summed E-state index contributed by atoms with van der Waals surface area (Å²) in [6, 6.07) is 0. The number of nitrogens with zero attached hydrogens (tertiary/aromatic N) is 1.